The van der Waals surface area contributed by atoms with Crippen molar-refractivity contribution >= 4 is 0 Å². The molecule has 0 bridgehead atoms. The van der Waals surface area contributed by atoms with Gasteiger partial charge in [-0.25, -0.2) is 0 Å². The molecule has 92 valence electrons. The van der Waals surface area contributed by atoms with Crippen molar-refractivity contribution in [3.05, 3.63) is 23.5 Å². The third kappa shape index (κ3) is 7.02. The molecule has 0 amide bonds. The predicted octanol–water partition coefficient (Wildman–Crippen LogP) is 1.79. The number of rotatable bonds is 6. The molecular formula is C15H25LiO. The fraction of sp³-hybridized carbons (Fsp3) is 0.733. The molecule has 0 unspecified atom stereocenters. The van der Waals surface area contributed by atoms with E-state index in [1.807, 2.05) is 0 Å². The monoisotopic (exact) mass is 228 g/mol. The van der Waals surface area contributed by atoms with Crippen LogP contribution in [-0.2, 0) is 4.74 Å². The molecule has 0 fully saturated rings. The molecule has 1 rings (SSSR count). The summed E-state index contributed by atoms with van der Waals surface area (Å²) in [7, 11) is 0. The summed E-state index contributed by atoms with van der Waals surface area (Å²) in [6, 6.07) is 0. The van der Waals surface area contributed by atoms with Crippen molar-refractivity contribution in [2.75, 3.05) is 0 Å². The average molecular weight is 228 g/mol. The van der Waals surface area contributed by atoms with Crippen molar-refractivity contribution in [2.45, 2.75) is 71.8 Å². The number of hydrogen-bond acceptors (Lipinski definition) is 1. The zero-order chi connectivity index (χ0) is 12.0. The Morgan fingerprint density at radius 2 is 1.94 bits per heavy atom. The van der Waals surface area contributed by atoms with Crippen LogP contribution in [0.2, 0.25) is 0 Å². The van der Waals surface area contributed by atoms with Crippen molar-refractivity contribution in [2.24, 2.45) is 0 Å². The maximum Gasteiger partial charge on any atom is 1.00 e. The summed E-state index contributed by atoms with van der Waals surface area (Å²) in [5.41, 5.74) is 1.21. The second kappa shape index (κ2) is 8.06. The van der Waals surface area contributed by atoms with Gasteiger partial charge in [0.15, 0.2) is 0 Å². The molecule has 17 heavy (non-hydrogen) atoms. The summed E-state index contributed by atoms with van der Waals surface area (Å²) in [4.78, 5) is 0. The fourth-order valence-electron chi connectivity index (χ4n) is 1.85. The summed E-state index contributed by atoms with van der Waals surface area (Å²) in [6.45, 7) is 8.54. The SMILES string of the molecule is CCCCCCC1=[C-]CC=C1OC(C)(C)C.[Li+]. The van der Waals surface area contributed by atoms with Crippen LogP contribution >= 0.6 is 0 Å². The van der Waals surface area contributed by atoms with E-state index in [1.165, 1.54) is 31.3 Å². The molecule has 0 aliphatic heterocycles. The van der Waals surface area contributed by atoms with Crippen molar-refractivity contribution in [1.82, 2.24) is 0 Å². The standard InChI is InChI=1S/C15H25O.Li/c1-5-6-7-8-10-13-11-9-12-14(13)16-15(2,3)4;/h12H,5-10H2,1-4H3;/q-1;+1. The Hall–Kier alpha value is -0.123. The van der Waals surface area contributed by atoms with Gasteiger partial charge in [-0.1, -0.05) is 39.0 Å². The van der Waals surface area contributed by atoms with E-state index < -0.39 is 0 Å². The topological polar surface area (TPSA) is 9.23 Å². The molecule has 0 aromatic rings. The van der Waals surface area contributed by atoms with Gasteiger partial charge in [0.05, 0.1) is 5.60 Å². The van der Waals surface area contributed by atoms with E-state index >= 15 is 0 Å². The van der Waals surface area contributed by atoms with Gasteiger partial charge in [0.25, 0.3) is 0 Å². The first-order valence-electron chi connectivity index (χ1n) is 6.52. The van der Waals surface area contributed by atoms with Crippen LogP contribution in [0.25, 0.3) is 0 Å². The van der Waals surface area contributed by atoms with Crippen LogP contribution in [0.15, 0.2) is 17.4 Å². The number of allylic oxidation sites excluding steroid dienone is 3. The van der Waals surface area contributed by atoms with Crippen LogP contribution in [0.1, 0.15) is 66.2 Å². The number of unbranched alkanes of at least 4 members (excludes halogenated alkanes) is 3. The Morgan fingerprint density at radius 1 is 1.24 bits per heavy atom. The molecule has 0 saturated carbocycles. The van der Waals surface area contributed by atoms with E-state index in [1.54, 1.807) is 0 Å². The van der Waals surface area contributed by atoms with Crippen LogP contribution in [0.5, 0.6) is 0 Å². The molecule has 0 saturated heterocycles. The van der Waals surface area contributed by atoms with Gasteiger partial charge in [-0.3, -0.25) is 6.08 Å². The zero-order valence-corrected chi connectivity index (χ0v) is 12.2. The minimum atomic E-state index is -0.0908. The number of ether oxygens (including phenoxy) is 1. The molecule has 1 nitrogen and oxygen atoms in total. The summed E-state index contributed by atoms with van der Waals surface area (Å²) in [6.07, 6.45) is 12.8. The molecule has 0 radical (unpaired) electrons. The molecule has 2 heteroatoms. The van der Waals surface area contributed by atoms with E-state index in [-0.39, 0.29) is 24.5 Å². The van der Waals surface area contributed by atoms with Crippen molar-refractivity contribution in [3.63, 3.8) is 0 Å². The summed E-state index contributed by atoms with van der Waals surface area (Å²) < 4.78 is 5.93. The molecule has 0 aromatic carbocycles. The Balaban J connectivity index is 0.00000256. The van der Waals surface area contributed by atoms with E-state index in [2.05, 4.69) is 39.8 Å². The second-order valence-electron chi connectivity index (χ2n) is 5.45. The first kappa shape index (κ1) is 16.9. The smallest absolute Gasteiger partial charge is 0.575 e. The van der Waals surface area contributed by atoms with Crippen LogP contribution in [-0.4, -0.2) is 5.60 Å². The molecular weight excluding hydrogens is 203 g/mol. The second-order valence-corrected chi connectivity index (χ2v) is 5.45. The Morgan fingerprint density at radius 3 is 2.53 bits per heavy atom. The van der Waals surface area contributed by atoms with E-state index in [9.17, 15) is 0 Å². The average Bonchev–Trinajstić information content (AvgIpc) is 2.58. The minimum Gasteiger partial charge on any atom is -0.575 e. The molecule has 0 N–H and O–H groups in total. The van der Waals surface area contributed by atoms with Gasteiger partial charge in [0.2, 0.25) is 0 Å². The summed E-state index contributed by atoms with van der Waals surface area (Å²) >= 11 is 0. The first-order valence-corrected chi connectivity index (χ1v) is 6.52. The third-order valence-electron chi connectivity index (χ3n) is 2.60. The zero-order valence-electron chi connectivity index (χ0n) is 12.2. The fourth-order valence-corrected chi connectivity index (χ4v) is 1.85. The Kier molecular flexibility index (Phi) is 8.00. The summed E-state index contributed by atoms with van der Waals surface area (Å²) in [5.74, 6) is 1.07. The molecule has 1 aliphatic rings. The van der Waals surface area contributed by atoms with Crippen LogP contribution in [0, 0.1) is 6.08 Å². The van der Waals surface area contributed by atoms with Crippen LogP contribution < -0.4 is 18.9 Å². The van der Waals surface area contributed by atoms with E-state index in [4.69, 9.17) is 4.74 Å². The van der Waals surface area contributed by atoms with Crippen LogP contribution in [0.3, 0.4) is 0 Å². The maximum absolute atomic E-state index is 5.93. The third-order valence-corrected chi connectivity index (χ3v) is 2.60. The van der Waals surface area contributed by atoms with E-state index in [0.717, 1.165) is 18.6 Å². The van der Waals surface area contributed by atoms with Gasteiger partial charge >= 0.3 is 18.9 Å². The predicted molar refractivity (Wildman–Crippen MR) is 69.1 cm³/mol. The van der Waals surface area contributed by atoms with Gasteiger partial charge in [-0.2, -0.15) is 5.57 Å². The molecule has 0 atom stereocenters. The minimum absolute atomic E-state index is 0. The largest absolute Gasteiger partial charge is 1.00 e. The van der Waals surface area contributed by atoms with E-state index in [0.29, 0.717) is 0 Å². The maximum atomic E-state index is 5.93. The quantitative estimate of drug-likeness (QED) is 0.382. The summed E-state index contributed by atoms with van der Waals surface area (Å²) in [5, 5.41) is 0. The van der Waals surface area contributed by atoms with Gasteiger partial charge < -0.3 is 4.74 Å². The van der Waals surface area contributed by atoms with Crippen molar-refractivity contribution in [1.29, 1.82) is 0 Å². The van der Waals surface area contributed by atoms with Crippen molar-refractivity contribution in [3.8, 4) is 0 Å². The van der Waals surface area contributed by atoms with Gasteiger partial charge in [-0.05, 0) is 26.5 Å². The first-order chi connectivity index (χ1) is 7.53. The van der Waals surface area contributed by atoms with Crippen LogP contribution in [0.4, 0.5) is 0 Å². The van der Waals surface area contributed by atoms with Gasteiger partial charge in [0, 0.05) is 0 Å². The molecule has 0 heterocycles. The normalized spacial score (nSPS) is 15.1. The number of hydrogen-bond donors (Lipinski definition) is 0. The van der Waals surface area contributed by atoms with Gasteiger partial charge in [0.1, 0.15) is 0 Å². The Labute approximate surface area is 119 Å². The van der Waals surface area contributed by atoms with Gasteiger partial charge in [-0.15, -0.1) is 12.5 Å². The van der Waals surface area contributed by atoms with Crippen molar-refractivity contribution < 1.29 is 23.6 Å². The Bertz CT molecular complexity index is 271. The molecule has 0 spiro atoms. The molecule has 0 aromatic heterocycles. The molecule has 1 aliphatic carbocycles.